The maximum Gasteiger partial charge on any atom is 0.105 e. The molecular weight excluding hydrogens is 176 g/mol. The molecular formula is C10H10N4. The van der Waals surface area contributed by atoms with Crippen LogP contribution in [0.4, 0.5) is 0 Å². The Morgan fingerprint density at radius 3 is 2.71 bits per heavy atom. The second-order valence-corrected chi connectivity index (χ2v) is 2.96. The molecule has 1 heterocycles. The second-order valence-electron chi connectivity index (χ2n) is 2.96. The fourth-order valence-corrected chi connectivity index (χ4v) is 1.20. The molecule has 0 amide bonds. The molecule has 4 heteroatoms. The third kappa shape index (κ3) is 1.42. The van der Waals surface area contributed by atoms with Gasteiger partial charge in [0, 0.05) is 0 Å². The van der Waals surface area contributed by atoms with Crippen LogP contribution in [0.15, 0.2) is 35.6 Å². The molecule has 14 heavy (non-hydrogen) atoms. The summed E-state index contributed by atoms with van der Waals surface area (Å²) in [7, 11) is 0. The first-order valence-corrected chi connectivity index (χ1v) is 4.28. The summed E-state index contributed by atoms with van der Waals surface area (Å²) in [6, 6.07) is 7.69. The standard InChI is InChI=1S/C10H10N4/c1-7(14-11)10-6-12-8-4-2-3-5-9(8)13-10/h2-6H,11H2,1H3. The fraction of sp³-hybridized carbons (Fsp3) is 0.100. The molecule has 2 aromatic rings. The molecule has 2 N–H and O–H groups in total. The first-order valence-electron chi connectivity index (χ1n) is 4.28. The molecule has 0 radical (unpaired) electrons. The summed E-state index contributed by atoms with van der Waals surface area (Å²) in [5.74, 6) is 5.17. The van der Waals surface area contributed by atoms with Crippen molar-refractivity contribution in [1.82, 2.24) is 9.97 Å². The number of aromatic nitrogens is 2. The summed E-state index contributed by atoms with van der Waals surface area (Å²) >= 11 is 0. The fourth-order valence-electron chi connectivity index (χ4n) is 1.20. The van der Waals surface area contributed by atoms with Gasteiger partial charge in [0.2, 0.25) is 0 Å². The quantitative estimate of drug-likeness (QED) is 0.415. The van der Waals surface area contributed by atoms with Crippen LogP contribution in [0.2, 0.25) is 0 Å². The molecule has 1 aromatic carbocycles. The van der Waals surface area contributed by atoms with Crippen LogP contribution in [0.25, 0.3) is 11.0 Å². The van der Waals surface area contributed by atoms with Crippen LogP contribution in [-0.4, -0.2) is 15.7 Å². The van der Waals surface area contributed by atoms with E-state index in [1.165, 1.54) is 0 Å². The van der Waals surface area contributed by atoms with E-state index in [0.29, 0.717) is 11.4 Å². The number of fused-ring (bicyclic) bond motifs is 1. The van der Waals surface area contributed by atoms with E-state index in [9.17, 15) is 0 Å². The van der Waals surface area contributed by atoms with Crippen molar-refractivity contribution in [3.05, 3.63) is 36.2 Å². The number of nitrogens with zero attached hydrogens (tertiary/aromatic N) is 3. The third-order valence-electron chi connectivity index (χ3n) is 2.01. The molecule has 0 aliphatic rings. The van der Waals surface area contributed by atoms with E-state index >= 15 is 0 Å². The van der Waals surface area contributed by atoms with Crippen LogP contribution in [0.1, 0.15) is 12.6 Å². The predicted molar refractivity (Wildman–Crippen MR) is 55.9 cm³/mol. The number of hydrazone groups is 1. The van der Waals surface area contributed by atoms with Crippen LogP contribution in [0.5, 0.6) is 0 Å². The van der Waals surface area contributed by atoms with Crippen molar-refractivity contribution in [3.8, 4) is 0 Å². The molecule has 2 rings (SSSR count). The molecule has 0 fully saturated rings. The van der Waals surface area contributed by atoms with Crippen LogP contribution in [0.3, 0.4) is 0 Å². The normalized spacial score (nSPS) is 11.9. The lowest BCUT2D eigenvalue weighted by Crippen LogP contribution is -2.02. The van der Waals surface area contributed by atoms with Crippen molar-refractivity contribution in [3.63, 3.8) is 0 Å². The van der Waals surface area contributed by atoms with Gasteiger partial charge in [-0.3, -0.25) is 4.98 Å². The van der Waals surface area contributed by atoms with Gasteiger partial charge in [-0.2, -0.15) is 5.10 Å². The zero-order valence-corrected chi connectivity index (χ0v) is 7.81. The van der Waals surface area contributed by atoms with Crippen LogP contribution in [0, 0.1) is 0 Å². The van der Waals surface area contributed by atoms with Gasteiger partial charge in [0.15, 0.2) is 0 Å². The number of para-hydroxylation sites is 2. The van der Waals surface area contributed by atoms with Gasteiger partial charge in [0.1, 0.15) is 5.69 Å². The van der Waals surface area contributed by atoms with E-state index in [-0.39, 0.29) is 0 Å². The van der Waals surface area contributed by atoms with Crippen LogP contribution in [-0.2, 0) is 0 Å². The summed E-state index contributed by atoms with van der Waals surface area (Å²) in [5, 5.41) is 3.58. The Bertz CT molecular complexity index is 490. The molecule has 0 saturated heterocycles. The van der Waals surface area contributed by atoms with Crippen molar-refractivity contribution in [2.24, 2.45) is 10.9 Å². The Morgan fingerprint density at radius 1 is 1.29 bits per heavy atom. The first kappa shape index (κ1) is 8.62. The SMILES string of the molecule is CC(=NN)c1cnc2ccccc2n1. The van der Waals surface area contributed by atoms with E-state index in [1.54, 1.807) is 13.1 Å². The summed E-state index contributed by atoms with van der Waals surface area (Å²) in [4.78, 5) is 8.62. The van der Waals surface area contributed by atoms with Gasteiger partial charge < -0.3 is 5.84 Å². The minimum Gasteiger partial charge on any atom is -0.323 e. The van der Waals surface area contributed by atoms with Crippen molar-refractivity contribution < 1.29 is 0 Å². The smallest absolute Gasteiger partial charge is 0.105 e. The highest BCUT2D eigenvalue weighted by atomic mass is 15.1. The Balaban J connectivity index is 2.62. The zero-order valence-electron chi connectivity index (χ0n) is 7.81. The molecule has 0 spiro atoms. The third-order valence-corrected chi connectivity index (χ3v) is 2.01. The molecule has 0 bridgehead atoms. The van der Waals surface area contributed by atoms with Crippen molar-refractivity contribution >= 4 is 16.7 Å². The predicted octanol–water partition coefficient (Wildman–Crippen LogP) is 1.31. The minimum absolute atomic E-state index is 0.684. The maximum absolute atomic E-state index is 5.17. The lowest BCUT2D eigenvalue weighted by molar-refractivity contribution is 1.20. The Labute approximate surface area is 81.5 Å². The number of benzene rings is 1. The highest BCUT2D eigenvalue weighted by Crippen LogP contribution is 2.08. The highest BCUT2D eigenvalue weighted by Gasteiger charge is 2.01. The van der Waals surface area contributed by atoms with Gasteiger partial charge in [-0.25, -0.2) is 4.98 Å². The molecule has 1 aromatic heterocycles. The average Bonchev–Trinajstić information content (AvgIpc) is 2.27. The lowest BCUT2D eigenvalue weighted by atomic mass is 10.2. The van der Waals surface area contributed by atoms with E-state index in [0.717, 1.165) is 11.0 Å². The number of hydrogen-bond acceptors (Lipinski definition) is 4. The number of hydrogen-bond donors (Lipinski definition) is 1. The van der Waals surface area contributed by atoms with Crippen LogP contribution < -0.4 is 5.84 Å². The van der Waals surface area contributed by atoms with Gasteiger partial charge in [-0.1, -0.05) is 12.1 Å². The van der Waals surface area contributed by atoms with Gasteiger partial charge in [-0.05, 0) is 19.1 Å². The molecule has 0 saturated carbocycles. The van der Waals surface area contributed by atoms with E-state index in [2.05, 4.69) is 15.1 Å². The average molecular weight is 186 g/mol. The largest absolute Gasteiger partial charge is 0.323 e. The first-order chi connectivity index (χ1) is 6.81. The van der Waals surface area contributed by atoms with E-state index < -0.39 is 0 Å². The van der Waals surface area contributed by atoms with Gasteiger partial charge in [0.25, 0.3) is 0 Å². The summed E-state index contributed by atoms with van der Waals surface area (Å²) in [6.45, 7) is 1.80. The molecule has 0 atom stereocenters. The molecule has 0 unspecified atom stereocenters. The van der Waals surface area contributed by atoms with Gasteiger partial charge >= 0.3 is 0 Å². The molecule has 4 nitrogen and oxygen atoms in total. The number of rotatable bonds is 1. The summed E-state index contributed by atoms with van der Waals surface area (Å²) in [6.07, 6.45) is 1.67. The monoisotopic (exact) mass is 186 g/mol. The van der Waals surface area contributed by atoms with Crippen molar-refractivity contribution in [1.29, 1.82) is 0 Å². The zero-order chi connectivity index (χ0) is 9.97. The lowest BCUT2D eigenvalue weighted by Gasteiger charge is -1.99. The minimum atomic E-state index is 0.684. The van der Waals surface area contributed by atoms with E-state index in [1.807, 2.05) is 24.3 Å². The Morgan fingerprint density at radius 2 is 2.00 bits per heavy atom. The maximum atomic E-state index is 5.17. The second kappa shape index (κ2) is 3.41. The summed E-state index contributed by atoms with van der Waals surface area (Å²) in [5.41, 5.74) is 3.13. The summed E-state index contributed by atoms with van der Waals surface area (Å²) < 4.78 is 0. The van der Waals surface area contributed by atoms with Gasteiger partial charge in [0.05, 0.1) is 22.9 Å². The molecule has 0 aliphatic carbocycles. The Hall–Kier alpha value is -1.97. The van der Waals surface area contributed by atoms with Crippen LogP contribution >= 0.6 is 0 Å². The molecule has 0 aliphatic heterocycles. The van der Waals surface area contributed by atoms with Crippen molar-refractivity contribution in [2.45, 2.75) is 6.92 Å². The molecule has 70 valence electrons. The Kier molecular flexibility index (Phi) is 2.10. The van der Waals surface area contributed by atoms with Crippen molar-refractivity contribution in [2.75, 3.05) is 0 Å². The number of nitrogens with two attached hydrogens (primary N) is 1. The van der Waals surface area contributed by atoms with Gasteiger partial charge in [-0.15, -0.1) is 0 Å². The highest BCUT2D eigenvalue weighted by molar-refractivity contribution is 5.97. The topological polar surface area (TPSA) is 64.2 Å². The van der Waals surface area contributed by atoms with E-state index in [4.69, 9.17) is 5.84 Å².